The van der Waals surface area contributed by atoms with Crippen molar-refractivity contribution in [3.63, 3.8) is 0 Å². The Balaban J connectivity index is 1.45. The van der Waals surface area contributed by atoms with Crippen LogP contribution in [-0.4, -0.2) is 0 Å². The Bertz CT molecular complexity index is 1630. The number of hydrogen-bond donors (Lipinski definition) is 0. The van der Waals surface area contributed by atoms with Crippen LogP contribution in [0.3, 0.4) is 0 Å². The number of nitrogens with zero attached hydrogens (tertiary/aromatic N) is 1. The fraction of sp³-hybridized carbons (Fsp3) is 0.139. The monoisotopic (exact) mass is 478 g/mol. The molecule has 0 bridgehead atoms. The molecule has 0 saturated carbocycles. The number of aromatic nitrogens is 1. The number of pyridine rings is 1. The second-order valence-corrected chi connectivity index (χ2v) is 10.7. The van der Waals surface area contributed by atoms with Crippen LogP contribution in [-0.2, 0) is 11.0 Å². The molecule has 0 aliphatic carbocycles. The van der Waals surface area contributed by atoms with E-state index in [4.69, 9.17) is 0 Å². The third-order valence-corrected chi connectivity index (χ3v) is 8.50. The van der Waals surface area contributed by atoms with E-state index in [0.29, 0.717) is 0 Å². The van der Waals surface area contributed by atoms with Gasteiger partial charge in [0.2, 0.25) is 5.69 Å². The molecule has 0 saturated heterocycles. The maximum absolute atomic E-state index is 4.26. The van der Waals surface area contributed by atoms with E-state index in [-0.39, 0.29) is 11.0 Å². The van der Waals surface area contributed by atoms with Crippen molar-refractivity contribution in [1.82, 2.24) is 0 Å². The van der Waals surface area contributed by atoms with Crippen LogP contribution >= 0.6 is 0 Å². The lowest BCUT2D eigenvalue weighted by atomic mass is 9.64. The third-order valence-electron chi connectivity index (χ3n) is 8.50. The van der Waals surface area contributed by atoms with Gasteiger partial charge < -0.3 is 0 Å². The Hall–Kier alpha value is -4.23. The zero-order valence-corrected chi connectivity index (χ0v) is 21.8. The van der Waals surface area contributed by atoms with E-state index in [1.807, 2.05) is 0 Å². The molecule has 0 N–H and O–H groups in total. The van der Waals surface area contributed by atoms with Crippen molar-refractivity contribution in [1.29, 1.82) is 0 Å². The van der Waals surface area contributed by atoms with E-state index in [1.54, 1.807) is 0 Å². The summed E-state index contributed by atoms with van der Waals surface area (Å²) >= 11 is 0. The van der Waals surface area contributed by atoms with Crippen molar-refractivity contribution in [2.75, 3.05) is 0 Å². The molecule has 4 aromatic carbocycles. The number of fused-ring (bicyclic) bond motifs is 3. The molecule has 0 radical (unpaired) electrons. The first kappa shape index (κ1) is 23.2. The summed E-state index contributed by atoms with van der Waals surface area (Å²) in [5.74, 6) is 0. The second kappa shape index (κ2) is 8.71. The van der Waals surface area contributed by atoms with Crippen molar-refractivity contribution in [2.45, 2.75) is 31.7 Å². The molecule has 1 aliphatic heterocycles. The smallest absolute Gasteiger partial charge is 0.192 e. The summed E-state index contributed by atoms with van der Waals surface area (Å²) in [5, 5.41) is 0. The summed E-state index contributed by atoms with van der Waals surface area (Å²) in [6.07, 6.45) is 4.32. The van der Waals surface area contributed by atoms with Gasteiger partial charge in [0, 0.05) is 26.0 Å². The van der Waals surface area contributed by atoms with Crippen molar-refractivity contribution >= 4 is 0 Å². The van der Waals surface area contributed by atoms with Gasteiger partial charge in [-0.3, -0.25) is 0 Å². The Morgan fingerprint density at radius 3 is 1.73 bits per heavy atom. The average molecular weight is 479 g/mol. The summed E-state index contributed by atoms with van der Waals surface area (Å²) in [5.41, 5.74) is 10.9. The molecule has 1 aromatic heterocycles. The van der Waals surface area contributed by atoms with Gasteiger partial charge in [-0.05, 0) is 70.1 Å². The minimum atomic E-state index is -0.195. The number of hydrogen-bond acceptors (Lipinski definition) is 0. The predicted octanol–water partition coefficient (Wildman–Crippen LogP) is 8.83. The van der Waals surface area contributed by atoms with Gasteiger partial charge >= 0.3 is 0 Å². The first-order chi connectivity index (χ1) is 17.9. The molecular formula is C36H32N+. The molecule has 1 nitrogen and oxygen atoms in total. The molecule has 1 unspecified atom stereocenters. The highest BCUT2D eigenvalue weighted by atomic mass is 15.1. The van der Waals surface area contributed by atoms with E-state index < -0.39 is 0 Å². The lowest BCUT2D eigenvalue weighted by Crippen LogP contribution is -2.65. The highest BCUT2D eigenvalue weighted by Crippen LogP contribution is 2.47. The van der Waals surface area contributed by atoms with Crippen LogP contribution in [0.2, 0.25) is 0 Å². The van der Waals surface area contributed by atoms with Crippen molar-refractivity contribution < 1.29 is 4.57 Å². The second-order valence-electron chi connectivity index (χ2n) is 10.7. The summed E-state index contributed by atoms with van der Waals surface area (Å²) in [7, 11) is 0. The Kier molecular flexibility index (Phi) is 5.46. The van der Waals surface area contributed by atoms with Gasteiger partial charge in [0.05, 0.1) is 11.0 Å². The molecule has 6 rings (SSSR count). The van der Waals surface area contributed by atoms with Gasteiger partial charge in [-0.15, -0.1) is 6.58 Å². The first-order valence-corrected chi connectivity index (χ1v) is 13.0. The maximum Gasteiger partial charge on any atom is 0.213 e. The Labute approximate surface area is 220 Å². The van der Waals surface area contributed by atoms with E-state index in [0.717, 1.165) is 0 Å². The van der Waals surface area contributed by atoms with E-state index >= 15 is 0 Å². The molecule has 2 heterocycles. The minimum Gasteiger partial charge on any atom is -0.192 e. The maximum atomic E-state index is 4.26. The Morgan fingerprint density at radius 2 is 1.11 bits per heavy atom. The lowest BCUT2D eigenvalue weighted by Gasteiger charge is -2.43. The summed E-state index contributed by atoms with van der Waals surface area (Å²) in [4.78, 5) is 0. The van der Waals surface area contributed by atoms with Gasteiger partial charge in [0.15, 0.2) is 11.7 Å². The SMILES string of the molecule is C=CC1(C)c2ccc(-c3cccc(-c4cccc(-c5ccccc5)c4)c3)cc2-c2cccc[n+]2C1(C)C. The largest absolute Gasteiger partial charge is 0.213 e. The molecule has 180 valence electrons. The van der Waals surface area contributed by atoms with Crippen molar-refractivity contribution in [2.24, 2.45) is 0 Å². The van der Waals surface area contributed by atoms with Crippen LogP contribution < -0.4 is 4.57 Å². The molecular weight excluding hydrogens is 446 g/mol. The van der Waals surface area contributed by atoms with Gasteiger partial charge in [-0.25, -0.2) is 0 Å². The molecule has 0 spiro atoms. The molecule has 1 heteroatoms. The van der Waals surface area contributed by atoms with Gasteiger partial charge in [0.25, 0.3) is 0 Å². The van der Waals surface area contributed by atoms with Crippen LogP contribution in [0.4, 0.5) is 0 Å². The zero-order valence-electron chi connectivity index (χ0n) is 21.8. The lowest BCUT2D eigenvalue weighted by molar-refractivity contribution is -0.758. The fourth-order valence-corrected chi connectivity index (χ4v) is 5.87. The molecule has 0 amide bonds. The standard InChI is InChI=1S/C36H32N/c1-5-36(4)33-21-20-31(25-32(33)34-19-9-10-22-37(34)35(36,2)3)30-18-12-17-29(24-30)28-16-11-15-27(23-28)26-13-7-6-8-14-26/h5-25H,1H2,2-4H3/q+1. The molecule has 5 aromatic rings. The summed E-state index contributed by atoms with van der Waals surface area (Å²) in [6.45, 7) is 11.2. The summed E-state index contributed by atoms with van der Waals surface area (Å²) < 4.78 is 2.41. The minimum absolute atomic E-state index is 0.135. The van der Waals surface area contributed by atoms with Crippen molar-refractivity contribution in [3.05, 3.63) is 140 Å². The molecule has 0 fully saturated rings. The van der Waals surface area contributed by atoms with Crippen LogP contribution in [0.15, 0.2) is 134 Å². The number of rotatable bonds is 4. The zero-order chi connectivity index (χ0) is 25.6. The predicted molar refractivity (Wildman–Crippen MR) is 155 cm³/mol. The van der Waals surface area contributed by atoms with Gasteiger partial charge in [-0.2, -0.15) is 4.57 Å². The van der Waals surface area contributed by atoms with Crippen LogP contribution in [0, 0.1) is 0 Å². The van der Waals surface area contributed by atoms with E-state index in [2.05, 4.69) is 159 Å². The van der Waals surface area contributed by atoms with E-state index in [1.165, 1.54) is 50.2 Å². The number of benzene rings is 4. The van der Waals surface area contributed by atoms with Crippen molar-refractivity contribution in [3.8, 4) is 44.6 Å². The van der Waals surface area contributed by atoms with E-state index in [9.17, 15) is 0 Å². The number of allylic oxidation sites excluding steroid dienone is 1. The van der Waals surface area contributed by atoms with Crippen LogP contribution in [0.25, 0.3) is 44.6 Å². The average Bonchev–Trinajstić information content (AvgIpc) is 2.96. The fourth-order valence-electron chi connectivity index (χ4n) is 5.87. The van der Waals surface area contributed by atoms with Crippen LogP contribution in [0.1, 0.15) is 26.3 Å². The highest BCUT2D eigenvalue weighted by Gasteiger charge is 2.53. The quantitative estimate of drug-likeness (QED) is 0.179. The van der Waals surface area contributed by atoms with Gasteiger partial charge in [0.1, 0.15) is 0 Å². The molecule has 1 atom stereocenters. The summed E-state index contributed by atoms with van der Waals surface area (Å²) in [6, 6.07) is 41.7. The topological polar surface area (TPSA) is 3.88 Å². The Morgan fingerprint density at radius 1 is 0.568 bits per heavy atom. The van der Waals surface area contributed by atoms with Gasteiger partial charge in [-0.1, -0.05) is 84.9 Å². The van der Waals surface area contributed by atoms with Crippen LogP contribution in [0.5, 0.6) is 0 Å². The molecule has 37 heavy (non-hydrogen) atoms. The normalized spacial score (nSPS) is 17.5. The first-order valence-electron chi connectivity index (χ1n) is 13.0. The molecule has 1 aliphatic rings. The third kappa shape index (κ3) is 3.65. The highest BCUT2D eigenvalue weighted by molar-refractivity contribution is 5.80.